The van der Waals surface area contributed by atoms with Gasteiger partial charge in [0.25, 0.3) is 0 Å². The van der Waals surface area contributed by atoms with E-state index in [9.17, 15) is 8.42 Å². The Hall–Kier alpha value is -0.920. The van der Waals surface area contributed by atoms with Crippen molar-refractivity contribution in [2.24, 2.45) is 0 Å². The summed E-state index contributed by atoms with van der Waals surface area (Å²) in [5.41, 5.74) is 7.19. The van der Waals surface area contributed by atoms with Crippen molar-refractivity contribution in [3.05, 3.63) is 18.2 Å². The monoisotopic (exact) mass is 315 g/mol. The molecular formula is C13H21N3O2S2. The van der Waals surface area contributed by atoms with Gasteiger partial charge < -0.3 is 11.1 Å². The lowest BCUT2D eigenvalue weighted by molar-refractivity contribution is 0.380. The van der Waals surface area contributed by atoms with Crippen molar-refractivity contribution in [1.29, 1.82) is 0 Å². The second-order valence-corrected chi connectivity index (χ2v) is 8.21. The number of nitrogens with one attached hydrogen (secondary N) is 2. The molecular weight excluding hydrogens is 294 g/mol. The first-order valence-electron chi connectivity index (χ1n) is 6.54. The van der Waals surface area contributed by atoms with Crippen LogP contribution in [0.2, 0.25) is 0 Å². The summed E-state index contributed by atoms with van der Waals surface area (Å²) in [6, 6.07) is 4.78. The molecule has 0 atom stereocenters. The second-order valence-electron chi connectivity index (χ2n) is 5.05. The molecule has 1 saturated carbocycles. The third-order valence-corrected chi connectivity index (χ3v) is 6.73. The van der Waals surface area contributed by atoms with E-state index in [1.807, 2.05) is 11.8 Å². The Balaban J connectivity index is 2.10. The second kappa shape index (κ2) is 5.83. The zero-order chi connectivity index (χ0) is 14.8. The molecule has 0 aliphatic heterocycles. The van der Waals surface area contributed by atoms with Crippen molar-refractivity contribution in [1.82, 2.24) is 4.72 Å². The lowest BCUT2D eigenvalue weighted by Crippen LogP contribution is -2.40. The van der Waals surface area contributed by atoms with Gasteiger partial charge in [0.05, 0.1) is 16.3 Å². The molecule has 4 N–H and O–H groups in total. The van der Waals surface area contributed by atoms with Crippen molar-refractivity contribution in [2.45, 2.75) is 28.9 Å². The zero-order valence-electron chi connectivity index (χ0n) is 11.8. The fraction of sp³-hybridized carbons (Fsp3) is 0.538. The van der Waals surface area contributed by atoms with Crippen molar-refractivity contribution in [2.75, 3.05) is 30.9 Å². The normalized spacial score (nSPS) is 17.5. The predicted octanol–water partition coefficient (Wildman–Crippen LogP) is 1.87. The molecule has 1 aromatic carbocycles. The number of hydrogen-bond donors (Lipinski definition) is 3. The van der Waals surface area contributed by atoms with E-state index < -0.39 is 10.0 Å². The number of thioether (sulfide) groups is 1. The smallest absolute Gasteiger partial charge is 0.240 e. The van der Waals surface area contributed by atoms with Gasteiger partial charge in [-0.05, 0) is 44.3 Å². The van der Waals surface area contributed by atoms with Crippen LogP contribution in [0.3, 0.4) is 0 Å². The average Bonchev–Trinajstić information content (AvgIpc) is 2.39. The summed E-state index contributed by atoms with van der Waals surface area (Å²) in [6.07, 6.45) is 5.84. The van der Waals surface area contributed by atoms with E-state index in [0.717, 1.165) is 12.2 Å². The van der Waals surface area contributed by atoms with Gasteiger partial charge in [-0.3, -0.25) is 0 Å². The van der Waals surface area contributed by atoms with E-state index in [-0.39, 0.29) is 4.90 Å². The number of benzene rings is 1. The van der Waals surface area contributed by atoms with Gasteiger partial charge in [0.2, 0.25) is 10.0 Å². The van der Waals surface area contributed by atoms with Crippen LogP contribution >= 0.6 is 11.8 Å². The van der Waals surface area contributed by atoms with Crippen LogP contribution in [0.5, 0.6) is 0 Å². The Morgan fingerprint density at radius 1 is 1.40 bits per heavy atom. The third-order valence-electron chi connectivity index (χ3n) is 3.90. The van der Waals surface area contributed by atoms with E-state index in [1.54, 1.807) is 12.1 Å². The number of sulfonamides is 1. The Morgan fingerprint density at radius 2 is 2.10 bits per heavy atom. The van der Waals surface area contributed by atoms with Crippen molar-refractivity contribution in [3.63, 3.8) is 0 Å². The summed E-state index contributed by atoms with van der Waals surface area (Å²) in [5.74, 6) is 0. The summed E-state index contributed by atoms with van der Waals surface area (Å²) in [5, 5.41) is 3.34. The van der Waals surface area contributed by atoms with Gasteiger partial charge in [0.15, 0.2) is 0 Å². The van der Waals surface area contributed by atoms with Gasteiger partial charge in [0.1, 0.15) is 0 Å². The highest BCUT2D eigenvalue weighted by atomic mass is 32.2. The van der Waals surface area contributed by atoms with Crippen LogP contribution in [0.1, 0.15) is 19.3 Å². The number of rotatable bonds is 6. The average molecular weight is 315 g/mol. The van der Waals surface area contributed by atoms with Crippen LogP contribution in [-0.2, 0) is 10.0 Å². The summed E-state index contributed by atoms with van der Waals surface area (Å²) in [6.45, 7) is 0.858. The first-order chi connectivity index (χ1) is 9.42. The Kier molecular flexibility index (Phi) is 4.51. The van der Waals surface area contributed by atoms with Crippen LogP contribution in [0.4, 0.5) is 11.4 Å². The lowest BCUT2D eigenvalue weighted by Gasteiger charge is -2.40. The van der Waals surface area contributed by atoms with Crippen LogP contribution in [0.15, 0.2) is 23.1 Å². The zero-order valence-corrected chi connectivity index (χ0v) is 13.4. The Labute approximate surface area is 124 Å². The first kappa shape index (κ1) is 15.5. The highest BCUT2D eigenvalue weighted by molar-refractivity contribution is 8.00. The molecule has 0 radical (unpaired) electrons. The molecule has 1 aliphatic rings. The number of nitrogens with two attached hydrogens (primary N) is 1. The van der Waals surface area contributed by atoms with E-state index in [1.165, 1.54) is 32.4 Å². The van der Waals surface area contributed by atoms with Gasteiger partial charge in [-0.15, -0.1) is 0 Å². The Morgan fingerprint density at radius 3 is 2.55 bits per heavy atom. The third kappa shape index (κ3) is 3.05. The number of anilines is 2. The molecule has 7 heteroatoms. The maximum absolute atomic E-state index is 11.7. The summed E-state index contributed by atoms with van der Waals surface area (Å²) in [4.78, 5) is 0.186. The molecule has 5 nitrogen and oxygen atoms in total. The molecule has 0 aromatic heterocycles. The van der Waals surface area contributed by atoms with E-state index >= 15 is 0 Å². The molecule has 0 saturated heterocycles. The summed E-state index contributed by atoms with van der Waals surface area (Å²) >= 11 is 1.89. The molecule has 112 valence electrons. The van der Waals surface area contributed by atoms with E-state index in [4.69, 9.17) is 5.73 Å². The summed E-state index contributed by atoms with van der Waals surface area (Å²) < 4.78 is 26.0. The molecule has 0 amide bonds. The molecule has 1 fully saturated rings. The minimum absolute atomic E-state index is 0.186. The fourth-order valence-electron chi connectivity index (χ4n) is 2.27. The van der Waals surface area contributed by atoms with Crippen LogP contribution in [0.25, 0.3) is 0 Å². The van der Waals surface area contributed by atoms with Gasteiger partial charge in [0, 0.05) is 11.3 Å². The number of hydrogen-bond acceptors (Lipinski definition) is 5. The summed E-state index contributed by atoms with van der Waals surface area (Å²) in [7, 11) is -2.06. The quantitative estimate of drug-likeness (QED) is 0.698. The van der Waals surface area contributed by atoms with Crippen LogP contribution in [0, 0.1) is 0 Å². The molecule has 0 bridgehead atoms. The molecule has 20 heavy (non-hydrogen) atoms. The van der Waals surface area contributed by atoms with E-state index in [2.05, 4.69) is 16.3 Å². The van der Waals surface area contributed by atoms with Gasteiger partial charge in [-0.25, -0.2) is 13.1 Å². The van der Waals surface area contributed by atoms with Crippen molar-refractivity contribution >= 4 is 33.2 Å². The van der Waals surface area contributed by atoms with Crippen LogP contribution < -0.4 is 15.8 Å². The SMILES string of the molecule is CNS(=O)(=O)c1ccc(NCC2(SC)CCC2)c(N)c1. The van der Waals surface area contributed by atoms with Gasteiger partial charge >= 0.3 is 0 Å². The maximum atomic E-state index is 11.7. The predicted molar refractivity (Wildman–Crippen MR) is 85.7 cm³/mol. The van der Waals surface area contributed by atoms with Crippen LogP contribution in [-0.4, -0.2) is 33.0 Å². The Bertz CT molecular complexity index is 578. The maximum Gasteiger partial charge on any atom is 0.240 e. The largest absolute Gasteiger partial charge is 0.397 e. The van der Waals surface area contributed by atoms with Crippen molar-refractivity contribution in [3.8, 4) is 0 Å². The van der Waals surface area contributed by atoms with Gasteiger partial charge in [-0.2, -0.15) is 11.8 Å². The lowest BCUT2D eigenvalue weighted by atomic mass is 9.84. The molecule has 0 spiro atoms. The highest BCUT2D eigenvalue weighted by Gasteiger charge is 2.35. The fourth-order valence-corrected chi connectivity index (χ4v) is 3.95. The standard InChI is InChI=1S/C13H21N3O2S2/c1-15-20(17,18)10-4-5-12(11(14)8-10)16-9-13(19-2)6-3-7-13/h4-5,8,15-16H,3,6-7,9,14H2,1-2H3. The molecule has 1 aliphatic carbocycles. The van der Waals surface area contributed by atoms with Crippen molar-refractivity contribution < 1.29 is 8.42 Å². The van der Waals surface area contributed by atoms with Gasteiger partial charge in [-0.1, -0.05) is 6.42 Å². The topological polar surface area (TPSA) is 84.2 Å². The minimum Gasteiger partial charge on any atom is -0.397 e. The molecule has 0 heterocycles. The molecule has 2 rings (SSSR count). The minimum atomic E-state index is -3.44. The van der Waals surface area contributed by atoms with E-state index in [0.29, 0.717) is 10.4 Å². The first-order valence-corrected chi connectivity index (χ1v) is 9.25. The molecule has 1 aromatic rings. The molecule has 0 unspecified atom stereocenters. The highest BCUT2D eigenvalue weighted by Crippen LogP contribution is 2.43. The number of nitrogen functional groups attached to an aromatic ring is 1.